The van der Waals surface area contributed by atoms with Gasteiger partial charge < -0.3 is 24.2 Å². The molecule has 0 aliphatic carbocycles. The zero-order chi connectivity index (χ0) is 12.5. The molecular weight excluding hydrogens is 303 g/mol. The van der Waals surface area contributed by atoms with Gasteiger partial charge in [0, 0.05) is 17.1 Å². The van der Waals surface area contributed by atoms with E-state index < -0.39 is 46.7 Å². The van der Waals surface area contributed by atoms with Crippen molar-refractivity contribution < 1.29 is 59.1 Å². The van der Waals surface area contributed by atoms with Crippen molar-refractivity contribution in [2.24, 2.45) is 0 Å². The monoisotopic (exact) mass is 311 g/mol. The first-order chi connectivity index (χ1) is 7.26. The van der Waals surface area contributed by atoms with Crippen molar-refractivity contribution in [2.45, 2.75) is 12.2 Å². The average Bonchev–Trinajstić information content (AvgIpc) is 2.43. The van der Waals surface area contributed by atoms with Crippen LogP contribution in [0.15, 0.2) is 11.5 Å². The summed E-state index contributed by atoms with van der Waals surface area (Å²) < 4.78 is 37.3. The molecule has 0 aromatic heterocycles. The number of aliphatic hydroxyl groups is 3. The van der Waals surface area contributed by atoms with Crippen LogP contribution in [0, 0.1) is 0 Å². The Hall–Kier alpha value is -0.841. The molecule has 0 saturated heterocycles. The Labute approximate surface area is 106 Å². The number of aliphatic hydroxyl groups excluding tert-OH is 3. The molecule has 0 aromatic rings. The Morgan fingerprint density at radius 2 is 2.00 bits per heavy atom. The quantitative estimate of drug-likeness (QED) is 0.259. The van der Waals surface area contributed by atoms with E-state index >= 15 is 0 Å². The molecule has 11 heteroatoms. The van der Waals surface area contributed by atoms with Crippen LogP contribution >= 0.6 is 0 Å². The summed E-state index contributed by atoms with van der Waals surface area (Å²) in [5, 5.41) is 26.7. The van der Waals surface area contributed by atoms with Gasteiger partial charge in [0.1, 0.15) is 6.10 Å². The molecule has 1 aliphatic heterocycles. The fourth-order valence-corrected chi connectivity index (χ4v) is 1.41. The topological polar surface area (TPSA) is 151 Å². The van der Waals surface area contributed by atoms with Crippen molar-refractivity contribution in [2.75, 3.05) is 6.61 Å². The van der Waals surface area contributed by atoms with Gasteiger partial charge in [0.05, 0.1) is 6.61 Å². The molecule has 1 radical (unpaired) electrons. The number of hydrogen-bond acceptors (Lipinski definition) is 8. The van der Waals surface area contributed by atoms with Crippen molar-refractivity contribution in [3.8, 4) is 0 Å². The molecule has 1 heterocycles. The van der Waals surface area contributed by atoms with Crippen LogP contribution in [0.3, 0.4) is 0 Å². The van der Waals surface area contributed by atoms with Gasteiger partial charge in [-0.25, -0.2) is 4.79 Å². The summed E-state index contributed by atoms with van der Waals surface area (Å²) in [6, 6.07) is 0. The first-order valence-corrected chi connectivity index (χ1v) is 5.22. The number of cyclic esters (lactones) is 1. The maximum atomic E-state index is 10.8. The second-order valence-corrected chi connectivity index (χ2v) is 3.82. The summed E-state index contributed by atoms with van der Waals surface area (Å²) >= 11 is 0. The SMILES string of the molecule is O=C1O[C@H]([C@@H](O)CO)C(OS(=O)(=O)O)=C1O.[Mn]. The number of carbonyl (C=O) groups excluding carboxylic acids is 1. The van der Waals surface area contributed by atoms with Crippen molar-refractivity contribution >= 4 is 16.4 Å². The molecule has 1 rings (SSSR count). The first kappa shape index (κ1) is 16.2. The van der Waals surface area contributed by atoms with E-state index in [-0.39, 0.29) is 17.1 Å². The third kappa shape index (κ3) is 3.84. The summed E-state index contributed by atoms with van der Waals surface area (Å²) in [7, 11) is -4.98. The van der Waals surface area contributed by atoms with Crippen LogP contribution in [0.1, 0.15) is 0 Å². The molecule has 0 amide bonds. The van der Waals surface area contributed by atoms with Gasteiger partial charge in [-0.15, -0.1) is 0 Å². The Morgan fingerprint density at radius 1 is 1.47 bits per heavy atom. The van der Waals surface area contributed by atoms with Crippen LogP contribution in [0.5, 0.6) is 0 Å². The molecule has 99 valence electrons. The molecule has 0 fully saturated rings. The maximum Gasteiger partial charge on any atom is 0.446 e. The van der Waals surface area contributed by atoms with E-state index in [4.69, 9.17) is 19.9 Å². The van der Waals surface area contributed by atoms with Gasteiger partial charge in [-0.1, -0.05) is 0 Å². The minimum absolute atomic E-state index is 0. The molecule has 1 aliphatic rings. The molecule has 0 unspecified atom stereocenters. The number of carbonyl (C=O) groups is 1. The predicted octanol–water partition coefficient (Wildman–Crippen LogP) is -2.15. The van der Waals surface area contributed by atoms with Crippen LogP contribution in [0.2, 0.25) is 0 Å². The molecular formula is C6H8MnO9S. The van der Waals surface area contributed by atoms with Gasteiger partial charge in [0.2, 0.25) is 11.5 Å². The minimum atomic E-state index is -4.98. The van der Waals surface area contributed by atoms with Gasteiger partial charge in [-0.05, 0) is 0 Å². The predicted molar refractivity (Wildman–Crippen MR) is 45.3 cm³/mol. The molecule has 2 atom stereocenters. The molecule has 9 nitrogen and oxygen atoms in total. The third-order valence-electron chi connectivity index (χ3n) is 1.65. The molecule has 0 spiro atoms. The Bertz CT molecular complexity index is 427. The molecule has 4 N–H and O–H groups in total. The van der Waals surface area contributed by atoms with Crippen molar-refractivity contribution in [1.29, 1.82) is 0 Å². The van der Waals surface area contributed by atoms with Crippen LogP contribution in [-0.4, -0.2) is 53.1 Å². The Balaban J connectivity index is 0.00000256. The van der Waals surface area contributed by atoms with Gasteiger partial charge in [0.25, 0.3) is 0 Å². The number of rotatable bonds is 4. The van der Waals surface area contributed by atoms with E-state index in [1.165, 1.54) is 0 Å². The summed E-state index contributed by atoms with van der Waals surface area (Å²) in [6.45, 7) is -0.871. The van der Waals surface area contributed by atoms with Crippen LogP contribution < -0.4 is 0 Å². The van der Waals surface area contributed by atoms with E-state index in [9.17, 15) is 13.2 Å². The fourth-order valence-electron chi connectivity index (χ4n) is 1.01. The van der Waals surface area contributed by atoms with Crippen molar-refractivity contribution in [1.82, 2.24) is 0 Å². The average molecular weight is 311 g/mol. The normalized spacial score (nSPS) is 21.8. The first-order valence-electron chi connectivity index (χ1n) is 3.86. The van der Waals surface area contributed by atoms with E-state index in [0.717, 1.165) is 0 Å². The van der Waals surface area contributed by atoms with Gasteiger partial charge in [-0.3, -0.25) is 4.55 Å². The second-order valence-electron chi connectivity index (χ2n) is 2.80. The summed E-state index contributed by atoms with van der Waals surface area (Å²) in [6.07, 6.45) is -3.38. The number of esters is 1. The summed E-state index contributed by atoms with van der Waals surface area (Å²) in [4.78, 5) is 10.8. The van der Waals surface area contributed by atoms with Crippen LogP contribution in [-0.2, 0) is 41.2 Å². The maximum absolute atomic E-state index is 10.8. The molecule has 17 heavy (non-hydrogen) atoms. The van der Waals surface area contributed by atoms with Crippen LogP contribution in [0.25, 0.3) is 0 Å². The smallest absolute Gasteiger partial charge is 0.446 e. The van der Waals surface area contributed by atoms with E-state index in [1.54, 1.807) is 0 Å². The van der Waals surface area contributed by atoms with Gasteiger partial charge in [-0.2, -0.15) is 8.42 Å². The van der Waals surface area contributed by atoms with Gasteiger partial charge >= 0.3 is 16.4 Å². The third-order valence-corrected chi connectivity index (χ3v) is 2.04. The Kier molecular flexibility index (Phi) is 5.39. The van der Waals surface area contributed by atoms with Crippen LogP contribution in [0.4, 0.5) is 0 Å². The number of ether oxygens (including phenoxy) is 1. The van der Waals surface area contributed by atoms with Gasteiger partial charge in [0.15, 0.2) is 6.10 Å². The van der Waals surface area contributed by atoms with E-state index in [0.29, 0.717) is 0 Å². The Morgan fingerprint density at radius 3 is 2.41 bits per heavy atom. The molecule has 0 bridgehead atoms. The summed E-state index contributed by atoms with van der Waals surface area (Å²) in [5.74, 6) is -3.51. The summed E-state index contributed by atoms with van der Waals surface area (Å²) in [5.41, 5.74) is 0. The van der Waals surface area contributed by atoms with E-state index in [2.05, 4.69) is 8.92 Å². The molecule has 0 saturated carbocycles. The minimum Gasteiger partial charge on any atom is -0.499 e. The van der Waals surface area contributed by atoms with Crippen molar-refractivity contribution in [3.05, 3.63) is 11.5 Å². The zero-order valence-corrected chi connectivity index (χ0v) is 9.98. The van der Waals surface area contributed by atoms with Crippen molar-refractivity contribution in [3.63, 3.8) is 0 Å². The fraction of sp³-hybridized carbons (Fsp3) is 0.500. The molecule has 0 aromatic carbocycles. The largest absolute Gasteiger partial charge is 0.499 e. The zero-order valence-electron chi connectivity index (χ0n) is 7.98. The van der Waals surface area contributed by atoms with E-state index in [1.807, 2.05) is 0 Å². The number of hydrogen-bond donors (Lipinski definition) is 4. The second kappa shape index (κ2) is 5.67. The standard InChI is InChI=1S/C6H8O9S.Mn/c7-1-2(8)4-5(15-16(11,12)13)3(9)6(10)14-4;/h2,4,7-9H,1H2,(H,11,12,13);/t2-,4+;/m0./s1.